The van der Waals surface area contributed by atoms with E-state index in [0.29, 0.717) is 0 Å². The van der Waals surface area contributed by atoms with Gasteiger partial charge in [-0.05, 0) is 38.4 Å². The lowest BCUT2D eigenvalue weighted by Gasteiger charge is -2.11. The highest BCUT2D eigenvalue weighted by Gasteiger charge is 2.21. The Balaban J connectivity index is 0.000001000. The number of hydrogen-bond donors (Lipinski definition) is 2. The Kier molecular flexibility index (Phi) is 5.80. The molecule has 0 spiro atoms. The van der Waals surface area contributed by atoms with Crippen LogP contribution in [-0.4, -0.2) is 27.9 Å². The molecule has 1 aliphatic heterocycles. The number of nitrogens with one attached hydrogen (secondary N) is 2. The number of imidazole rings is 1. The molecule has 7 heteroatoms. The summed E-state index contributed by atoms with van der Waals surface area (Å²) < 4.78 is 1.92. The van der Waals surface area contributed by atoms with E-state index < -0.39 is 0 Å². The molecule has 0 aliphatic carbocycles. The predicted octanol–water partition coefficient (Wildman–Crippen LogP) is 2.18. The van der Waals surface area contributed by atoms with E-state index in [1.165, 1.54) is 0 Å². The van der Waals surface area contributed by atoms with Crippen molar-refractivity contribution in [2.24, 2.45) is 0 Å². The van der Waals surface area contributed by atoms with Gasteiger partial charge in [-0.1, -0.05) is 0 Å². The van der Waals surface area contributed by atoms with Crippen molar-refractivity contribution < 1.29 is 4.79 Å². The van der Waals surface area contributed by atoms with Crippen LogP contribution in [0.5, 0.6) is 0 Å². The van der Waals surface area contributed by atoms with Gasteiger partial charge in [0, 0.05) is 12.4 Å². The van der Waals surface area contributed by atoms with E-state index in [-0.39, 0.29) is 36.8 Å². The second kappa shape index (κ2) is 6.92. The highest BCUT2D eigenvalue weighted by molar-refractivity contribution is 5.95. The zero-order valence-corrected chi connectivity index (χ0v) is 12.8. The quantitative estimate of drug-likeness (QED) is 0.892. The van der Waals surface area contributed by atoms with Crippen LogP contribution in [0.2, 0.25) is 0 Å². The Morgan fingerprint density at radius 3 is 2.90 bits per heavy atom. The third-order valence-corrected chi connectivity index (χ3v) is 3.22. The highest BCUT2D eigenvalue weighted by atomic mass is 35.5. The van der Waals surface area contributed by atoms with Gasteiger partial charge in [0.15, 0.2) is 0 Å². The van der Waals surface area contributed by atoms with Crippen LogP contribution in [0.1, 0.15) is 18.5 Å². The summed E-state index contributed by atoms with van der Waals surface area (Å²) in [4.78, 5) is 16.3. The van der Waals surface area contributed by atoms with Crippen molar-refractivity contribution >= 4 is 42.1 Å². The van der Waals surface area contributed by atoms with Crippen LogP contribution in [0.4, 0.5) is 5.69 Å². The van der Waals surface area contributed by atoms with Crippen molar-refractivity contribution in [2.75, 3.05) is 11.9 Å². The Bertz CT molecular complexity index is 593. The Hall–Kier alpha value is -1.30. The Labute approximate surface area is 130 Å². The number of aromatic nitrogens is 2. The van der Waals surface area contributed by atoms with Crippen LogP contribution < -0.4 is 10.6 Å². The third kappa shape index (κ3) is 3.42. The molecule has 0 aromatic carbocycles. The number of fused-ring (bicyclic) bond motifs is 1. The molecule has 1 atom stereocenters. The number of carbonyl (C=O) groups excluding carboxylic acids is 1. The summed E-state index contributed by atoms with van der Waals surface area (Å²) in [5, 5.41) is 6.12. The average molecular weight is 317 g/mol. The molecule has 0 radical (unpaired) electrons. The van der Waals surface area contributed by atoms with Gasteiger partial charge in [0.1, 0.15) is 5.65 Å². The van der Waals surface area contributed by atoms with Gasteiger partial charge in [-0.2, -0.15) is 0 Å². The maximum Gasteiger partial charge on any atom is 0.241 e. The van der Waals surface area contributed by atoms with Crippen molar-refractivity contribution in [3.8, 4) is 0 Å². The van der Waals surface area contributed by atoms with E-state index in [9.17, 15) is 4.79 Å². The van der Waals surface area contributed by atoms with Gasteiger partial charge in [-0.25, -0.2) is 4.98 Å². The van der Waals surface area contributed by atoms with Gasteiger partial charge in [0.25, 0.3) is 0 Å². The number of anilines is 1. The maximum absolute atomic E-state index is 12.0. The van der Waals surface area contributed by atoms with Gasteiger partial charge >= 0.3 is 0 Å². The monoisotopic (exact) mass is 316 g/mol. The molecule has 0 saturated carbocycles. The number of amides is 1. The van der Waals surface area contributed by atoms with Crippen molar-refractivity contribution in [3.63, 3.8) is 0 Å². The van der Waals surface area contributed by atoms with E-state index >= 15 is 0 Å². The van der Waals surface area contributed by atoms with E-state index in [2.05, 4.69) is 15.6 Å². The minimum Gasteiger partial charge on any atom is -0.323 e. The van der Waals surface area contributed by atoms with E-state index in [1.54, 1.807) is 0 Å². The molecule has 1 fully saturated rings. The van der Waals surface area contributed by atoms with Crippen molar-refractivity contribution in [3.05, 3.63) is 30.2 Å². The highest BCUT2D eigenvalue weighted by Crippen LogP contribution is 2.13. The van der Waals surface area contributed by atoms with Crippen LogP contribution in [0.15, 0.2) is 24.5 Å². The molecule has 2 aromatic rings. The standard InChI is InChI=1S/C13H16N4O.2ClH/c1-9-7-17-8-10(4-5-12(17)15-9)16-13(18)11-3-2-6-14-11;;/h4-5,7-8,11,14H,2-3,6H2,1H3,(H,16,18);2*1H. The first kappa shape index (κ1) is 16.8. The second-order valence-electron chi connectivity index (χ2n) is 4.70. The minimum absolute atomic E-state index is 0. The van der Waals surface area contributed by atoms with Gasteiger partial charge in [-0.15, -0.1) is 24.8 Å². The molecule has 5 nitrogen and oxygen atoms in total. The lowest BCUT2D eigenvalue weighted by molar-refractivity contribution is -0.117. The SMILES string of the molecule is Cc1cn2cc(NC(=O)C3CCCN3)ccc2n1.Cl.Cl. The molecule has 1 saturated heterocycles. The number of pyridine rings is 1. The third-order valence-electron chi connectivity index (χ3n) is 3.22. The molecule has 20 heavy (non-hydrogen) atoms. The van der Waals surface area contributed by atoms with Gasteiger partial charge in [0.2, 0.25) is 5.91 Å². The molecule has 3 heterocycles. The summed E-state index contributed by atoms with van der Waals surface area (Å²) in [6, 6.07) is 3.74. The fraction of sp³-hybridized carbons (Fsp3) is 0.385. The number of rotatable bonds is 2. The molecule has 0 bridgehead atoms. The van der Waals surface area contributed by atoms with Crippen LogP contribution >= 0.6 is 24.8 Å². The molecule has 1 aliphatic rings. The first-order valence-electron chi connectivity index (χ1n) is 6.22. The molecule has 110 valence electrons. The van der Waals surface area contributed by atoms with Gasteiger partial charge in [-0.3, -0.25) is 4.79 Å². The molecule has 1 amide bonds. The van der Waals surface area contributed by atoms with Gasteiger partial charge < -0.3 is 15.0 Å². The van der Waals surface area contributed by atoms with Crippen LogP contribution in [0, 0.1) is 6.92 Å². The smallest absolute Gasteiger partial charge is 0.241 e. The Morgan fingerprint density at radius 2 is 2.20 bits per heavy atom. The van der Waals surface area contributed by atoms with Crippen LogP contribution in [-0.2, 0) is 4.79 Å². The molecular weight excluding hydrogens is 299 g/mol. The summed E-state index contributed by atoms with van der Waals surface area (Å²) in [6.07, 6.45) is 5.82. The zero-order valence-electron chi connectivity index (χ0n) is 11.1. The van der Waals surface area contributed by atoms with Crippen molar-refractivity contribution in [1.82, 2.24) is 14.7 Å². The summed E-state index contributed by atoms with van der Waals surface area (Å²) in [7, 11) is 0. The fourth-order valence-corrected chi connectivity index (χ4v) is 2.33. The number of hydrogen-bond acceptors (Lipinski definition) is 3. The topological polar surface area (TPSA) is 58.4 Å². The summed E-state index contributed by atoms with van der Waals surface area (Å²) in [5.74, 6) is 0.0451. The first-order chi connectivity index (χ1) is 8.72. The average Bonchev–Trinajstić information content (AvgIpc) is 2.95. The maximum atomic E-state index is 12.0. The zero-order chi connectivity index (χ0) is 12.5. The predicted molar refractivity (Wildman–Crippen MR) is 84.1 cm³/mol. The Morgan fingerprint density at radius 1 is 1.40 bits per heavy atom. The molecule has 2 aromatic heterocycles. The molecule has 3 rings (SSSR count). The lowest BCUT2D eigenvalue weighted by Crippen LogP contribution is -2.35. The van der Waals surface area contributed by atoms with E-state index in [1.807, 2.05) is 35.9 Å². The number of carbonyl (C=O) groups is 1. The lowest BCUT2D eigenvalue weighted by atomic mass is 10.2. The van der Waals surface area contributed by atoms with Crippen LogP contribution in [0.25, 0.3) is 5.65 Å². The van der Waals surface area contributed by atoms with Crippen LogP contribution in [0.3, 0.4) is 0 Å². The molecule has 1 unspecified atom stereocenters. The number of halogens is 2. The second-order valence-corrected chi connectivity index (χ2v) is 4.70. The summed E-state index contributed by atoms with van der Waals surface area (Å²) >= 11 is 0. The first-order valence-corrected chi connectivity index (χ1v) is 6.22. The molecule has 2 N–H and O–H groups in total. The number of nitrogens with zero attached hydrogens (tertiary/aromatic N) is 2. The fourth-order valence-electron chi connectivity index (χ4n) is 2.33. The van der Waals surface area contributed by atoms with E-state index in [4.69, 9.17) is 0 Å². The van der Waals surface area contributed by atoms with Gasteiger partial charge in [0.05, 0.1) is 17.4 Å². The number of aryl methyl sites for hydroxylation is 1. The minimum atomic E-state index is -0.0507. The van der Waals surface area contributed by atoms with E-state index in [0.717, 1.165) is 36.4 Å². The van der Waals surface area contributed by atoms with Crippen molar-refractivity contribution in [1.29, 1.82) is 0 Å². The summed E-state index contributed by atoms with van der Waals surface area (Å²) in [5.41, 5.74) is 2.67. The molecular formula is C13H18Cl2N4O. The van der Waals surface area contributed by atoms with Crippen molar-refractivity contribution in [2.45, 2.75) is 25.8 Å². The normalized spacial score (nSPS) is 17.4. The summed E-state index contributed by atoms with van der Waals surface area (Å²) in [6.45, 7) is 2.88. The largest absolute Gasteiger partial charge is 0.323 e.